The lowest BCUT2D eigenvalue weighted by atomic mass is 10.0. The van der Waals surface area contributed by atoms with Gasteiger partial charge in [-0.25, -0.2) is 9.97 Å². The SMILES string of the molecule is CC[C@](C)(O)C(=O)Nc1ccc(-c2ccnc(Nc3ccc(N4CCOCC4)cc3)n2)cc1. The summed E-state index contributed by atoms with van der Waals surface area (Å²) in [5.74, 6) is 0.0777. The molecule has 172 valence electrons. The first kappa shape index (κ1) is 22.7. The van der Waals surface area contributed by atoms with E-state index in [1.807, 2.05) is 30.3 Å². The second kappa shape index (κ2) is 9.97. The fourth-order valence-corrected chi connectivity index (χ4v) is 3.44. The zero-order chi connectivity index (χ0) is 23.3. The molecular weight excluding hydrogens is 418 g/mol. The number of aliphatic hydroxyl groups is 1. The zero-order valence-corrected chi connectivity index (χ0v) is 18.9. The monoisotopic (exact) mass is 447 g/mol. The largest absolute Gasteiger partial charge is 0.380 e. The summed E-state index contributed by atoms with van der Waals surface area (Å²) in [6.45, 7) is 6.59. The topological polar surface area (TPSA) is 99.6 Å². The van der Waals surface area contributed by atoms with Crippen molar-refractivity contribution in [2.24, 2.45) is 0 Å². The molecule has 1 aromatic heterocycles. The summed E-state index contributed by atoms with van der Waals surface area (Å²) in [5.41, 5.74) is 2.95. The molecule has 8 nitrogen and oxygen atoms in total. The molecule has 0 radical (unpaired) electrons. The number of nitrogens with zero attached hydrogens (tertiary/aromatic N) is 3. The number of carbonyl (C=O) groups is 1. The number of carbonyl (C=O) groups excluding carboxylic acids is 1. The number of morpholine rings is 1. The maximum absolute atomic E-state index is 12.2. The van der Waals surface area contributed by atoms with Gasteiger partial charge in [-0.3, -0.25) is 4.79 Å². The Morgan fingerprint density at radius 1 is 1.06 bits per heavy atom. The van der Waals surface area contributed by atoms with E-state index in [0.29, 0.717) is 18.1 Å². The molecule has 1 saturated heterocycles. The van der Waals surface area contributed by atoms with Crippen molar-refractivity contribution < 1.29 is 14.6 Å². The first-order chi connectivity index (χ1) is 15.9. The summed E-state index contributed by atoms with van der Waals surface area (Å²) in [5, 5.41) is 16.1. The molecule has 4 rings (SSSR count). The van der Waals surface area contributed by atoms with Gasteiger partial charge in [-0.1, -0.05) is 19.1 Å². The first-order valence-electron chi connectivity index (χ1n) is 11.1. The predicted molar refractivity (Wildman–Crippen MR) is 130 cm³/mol. The van der Waals surface area contributed by atoms with E-state index in [-0.39, 0.29) is 0 Å². The summed E-state index contributed by atoms with van der Waals surface area (Å²) in [4.78, 5) is 23.4. The molecule has 1 atom stereocenters. The molecular formula is C25H29N5O3. The minimum Gasteiger partial charge on any atom is -0.380 e. The van der Waals surface area contributed by atoms with Gasteiger partial charge in [0.2, 0.25) is 5.95 Å². The van der Waals surface area contributed by atoms with Crippen LogP contribution in [0.2, 0.25) is 0 Å². The van der Waals surface area contributed by atoms with E-state index >= 15 is 0 Å². The van der Waals surface area contributed by atoms with Crippen LogP contribution in [-0.2, 0) is 9.53 Å². The summed E-state index contributed by atoms with van der Waals surface area (Å²) >= 11 is 0. The van der Waals surface area contributed by atoms with Crippen molar-refractivity contribution in [3.63, 3.8) is 0 Å². The third-order valence-corrected chi connectivity index (χ3v) is 5.77. The van der Waals surface area contributed by atoms with E-state index in [4.69, 9.17) is 4.74 Å². The van der Waals surface area contributed by atoms with Gasteiger partial charge in [-0.05, 0) is 55.8 Å². The van der Waals surface area contributed by atoms with Crippen molar-refractivity contribution in [2.75, 3.05) is 41.8 Å². The minimum absolute atomic E-state index is 0.337. The van der Waals surface area contributed by atoms with Crippen molar-refractivity contribution in [2.45, 2.75) is 25.9 Å². The normalized spacial score (nSPS) is 15.5. The number of hydrogen-bond acceptors (Lipinski definition) is 7. The number of rotatable bonds is 7. The lowest BCUT2D eigenvalue weighted by Crippen LogP contribution is -2.39. The van der Waals surface area contributed by atoms with Crippen LogP contribution in [-0.4, -0.2) is 52.9 Å². The molecule has 33 heavy (non-hydrogen) atoms. The number of aromatic nitrogens is 2. The molecule has 1 amide bonds. The summed E-state index contributed by atoms with van der Waals surface area (Å²) < 4.78 is 5.41. The Labute approximate surface area is 193 Å². The fourth-order valence-electron chi connectivity index (χ4n) is 3.44. The predicted octanol–water partition coefficient (Wildman–Crippen LogP) is 3.82. The smallest absolute Gasteiger partial charge is 0.256 e. The van der Waals surface area contributed by atoms with Crippen LogP contribution in [0, 0.1) is 0 Å². The minimum atomic E-state index is -1.40. The molecule has 0 aliphatic carbocycles. The first-order valence-corrected chi connectivity index (χ1v) is 11.1. The molecule has 2 heterocycles. The fraction of sp³-hybridized carbons (Fsp3) is 0.320. The lowest BCUT2D eigenvalue weighted by Gasteiger charge is -2.28. The van der Waals surface area contributed by atoms with E-state index in [1.54, 1.807) is 25.3 Å². The number of hydrogen-bond donors (Lipinski definition) is 3. The van der Waals surface area contributed by atoms with Crippen molar-refractivity contribution in [1.82, 2.24) is 9.97 Å². The maximum atomic E-state index is 12.2. The van der Waals surface area contributed by atoms with Gasteiger partial charge in [0.15, 0.2) is 0 Å². The quantitative estimate of drug-likeness (QED) is 0.506. The van der Waals surface area contributed by atoms with Crippen LogP contribution in [0.15, 0.2) is 60.8 Å². The Hall–Kier alpha value is -3.49. The van der Waals surface area contributed by atoms with Crippen LogP contribution in [0.25, 0.3) is 11.3 Å². The molecule has 8 heteroatoms. The van der Waals surface area contributed by atoms with E-state index in [0.717, 1.165) is 43.2 Å². The molecule has 3 N–H and O–H groups in total. The number of anilines is 4. The molecule has 0 bridgehead atoms. The van der Waals surface area contributed by atoms with E-state index in [1.165, 1.54) is 12.6 Å². The lowest BCUT2D eigenvalue weighted by molar-refractivity contribution is -0.132. The van der Waals surface area contributed by atoms with Gasteiger partial charge < -0.3 is 25.4 Å². The summed E-state index contributed by atoms with van der Waals surface area (Å²) in [7, 11) is 0. The Kier molecular flexibility index (Phi) is 6.86. The average molecular weight is 448 g/mol. The van der Waals surface area contributed by atoms with Gasteiger partial charge in [0, 0.05) is 41.9 Å². The van der Waals surface area contributed by atoms with Gasteiger partial charge in [-0.15, -0.1) is 0 Å². The number of ether oxygens (including phenoxy) is 1. The number of nitrogens with one attached hydrogen (secondary N) is 2. The van der Waals surface area contributed by atoms with Crippen LogP contribution in [0.3, 0.4) is 0 Å². The molecule has 0 unspecified atom stereocenters. The maximum Gasteiger partial charge on any atom is 0.256 e. The highest BCUT2D eigenvalue weighted by Crippen LogP contribution is 2.24. The Balaban J connectivity index is 1.42. The van der Waals surface area contributed by atoms with Crippen LogP contribution < -0.4 is 15.5 Å². The van der Waals surface area contributed by atoms with Gasteiger partial charge >= 0.3 is 0 Å². The van der Waals surface area contributed by atoms with Crippen LogP contribution in [0.1, 0.15) is 20.3 Å². The molecule has 1 fully saturated rings. The van der Waals surface area contributed by atoms with Gasteiger partial charge in [0.1, 0.15) is 5.60 Å². The van der Waals surface area contributed by atoms with Crippen molar-refractivity contribution in [1.29, 1.82) is 0 Å². The summed E-state index contributed by atoms with van der Waals surface area (Å²) in [6.07, 6.45) is 2.05. The van der Waals surface area contributed by atoms with Crippen LogP contribution in [0.4, 0.5) is 23.0 Å². The average Bonchev–Trinajstić information content (AvgIpc) is 2.85. The van der Waals surface area contributed by atoms with Crippen LogP contribution in [0.5, 0.6) is 0 Å². The van der Waals surface area contributed by atoms with E-state index < -0.39 is 11.5 Å². The molecule has 1 aliphatic rings. The third-order valence-electron chi connectivity index (χ3n) is 5.77. The number of benzene rings is 2. The molecule has 2 aromatic carbocycles. The molecule has 1 aliphatic heterocycles. The Bertz CT molecular complexity index is 1080. The second-order valence-electron chi connectivity index (χ2n) is 8.20. The second-order valence-corrected chi connectivity index (χ2v) is 8.20. The number of amides is 1. The van der Waals surface area contributed by atoms with Crippen molar-refractivity contribution >= 4 is 28.9 Å². The third kappa shape index (κ3) is 5.66. The standard InChI is InChI=1S/C25H29N5O3/c1-3-25(2,32)23(31)27-19-6-4-18(5-7-19)22-12-13-26-24(29-22)28-20-8-10-21(11-9-20)30-14-16-33-17-15-30/h4-13,32H,3,14-17H2,1-2H3,(H,27,31)(H,26,28,29)/t25-/m0/s1. The molecule has 0 spiro atoms. The highest BCUT2D eigenvalue weighted by atomic mass is 16.5. The summed E-state index contributed by atoms with van der Waals surface area (Å²) in [6, 6.07) is 17.4. The molecule has 3 aromatic rings. The van der Waals surface area contributed by atoms with Gasteiger partial charge in [0.25, 0.3) is 5.91 Å². The van der Waals surface area contributed by atoms with Gasteiger partial charge in [-0.2, -0.15) is 0 Å². The Morgan fingerprint density at radius 3 is 2.39 bits per heavy atom. The van der Waals surface area contributed by atoms with E-state index in [9.17, 15) is 9.90 Å². The highest BCUT2D eigenvalue weighted by molar-refractivity contribution is 5.96. The Morgan fingerprint density at radius 2 is 1.73 bits per heavy atom. The zero-order valence-electron chi connectivity index (χ0n) is 18.9. The van der Waals surface area contributed by atoms with Crippen molar-refractivity contribution in [3.05, 3.63) is 60.8 Å². The van der Waals surface area contributed by atoms with Crippen molar-refractivity contribution in [3.8, 4) is 11.3 Å². The van der Waals surface area contributed by atoms with Gasteiger partial charge in [0.05, 0.1) is 18.9 Å². The molecule has 0 saturated carbocycles. The highest BCUT2D eigenvalue weighted by Gasteiger charge is 2.27. The van der Waals surface area contributed by atoms with E-state index in [2.05, 4.69) is 37.6 Å². The van der Waals surface area contributed by atoms with Crippen LogP contribution >= 0.6 is 0 Å².